The molecule has 194 valence electrons. The first-order valence-corrected chi connectivity index (χ1v) is 12.5. The predicted molar refractivity (Wildman–Crippen MR) is 145 cm³/mol. The number of amides is 1. The van der Waals surface area contributed by atoms with Gasteiger partial charge in [-0.1, -0.05) is 35.4 Å². The van der Waals surface area contributed by atoms with Crippen molar-refractivity contribution in [2.75, 3.05) is 31.1 Å². The molecule has 10 heteroatoms. The van der Waals surface area contributed by atoms with Crippen molar-refractivity contribution >= 4 is 39.8 Å². The van der Waals surface area contributed by atoms with Gasteiger partial charge in [-0.2, -0.15) is 0 Å². The SMILES string of the molecule is Cc1ccc2c(c1)c(N1CCN(C(=O)c3ccc(Cl)cc3)CC1)c([N+](=O)[O-])c(=O)n2Cc1ccc(F)cc1. The van der Waals surface area contributed by atoms with Crippen molar-refractivity contribution in [3.8, 4) is 0 Å². The van der Waals surface area contributed by atoms with Crippen molar-refractivity contribution in [1.29, 1.82) is 0 Å². The summed E-state index contributed by atoms with van der Waals surface area (Å²) in [4.78, 5) is 41.7. The lowest BCUT2D eigenvalue weighted by atomic mass is 10.1. The molecule has 0 bridgehead atoms. The number of hydrogen-bond acceptors (Lipinski definition) is 5. The average Bonchev–Trinajstić information content (AvgIpc) is 2.91. The molecular formula is C28H24ClFN4O4. The topological polar surface area (TPSA) is 88.7 Å². The molecular weight excluding hydrogens is 511 g/mol. The number of carbonyl (C=O) groups excluding carboxylic acids is 1. The van der Waals surface area contributed by atoms with Gasteiger partial charge in [0.1, 0.15) is 11.5 Å². The van der Waals surface area contributed by atoms with Gasteiger partial charge in [0.2, 0.25) is 0 Å². The Morgan fingerprint density at radius 3 is 2.29 bits per heavy atom. The summed E-state index contributed by atoms with van der Waals surface area (Å²) in [5.74, 6) is -0.553. The molecule has 3 aromatic carbocycles. The molecule has 0 N–H and O–H groups in total. The van der Waals surface area contributed by atoms with Crippen molar-refractivity contribution < 1.29 is 14.1 Å². The number of piperazine rings is 1. The Morgan fingerprint density at radius 2 is 1.66 bits per heavy atom. The van der Waals surface area contributed by atoms with E-state index in [0.29, 0.717) is 53.2 Å². The number of pyridine rings is 1. The zero-order chi connectivity index (χ0) is 27.0. The van der Waals surface area contributed by atoms with Gasteiger partial charge in [-0.05, 0) is 61.0 Å². The van der Waals surface area contributed by atoms with Gasteiger partial charge in [0.15, 0.2) is 0 Å². The van der Waals surface area contributed by atoms with E-state index in [0.717, 1.165) is 5.56 Å². The first-order chi connectivity index (χ1) is 18.2. The normalized spacial score (nSPS) is 13.7. The van der Waals surface area contributed by atoms with Crippen LogP contribution < -0.4 is 10.5 Å². The molecule has 0 saturated carbocycles. The third-order valence-electron chi connectivity index (χ3n) is 6.78. The fourth-order valence-electron chi connectivity index (χ4n) is 4.86. The van der Waals surface area contributed by atoms with E-state index < -0.39 is 22.0 Å². The number of benzene rings is 3. The highest BCUT2D eigenvalue weighted by Crippen LogP contribution is 2.35. The summed E-state index contributed by atoms with van der Waals surface area (Å²) in [6, 6.07) is 17.8. The Labute approximate surface area is 222 Å². The van der Waals surface area contributed by atoms with Crippen LogP contribution in [0.2, 0.25) is 5.02 Å². The number of nitrogens with zero attached hydrogens (tertiary/aromatic N) is 4. The maximum absolute atomic E-state index is 13.6. The van der Waals surface area contributed by atoms with E-state index in [2.05, 4.69) is 0 Å². The van der Waals surface area contributed by atoms with Gasteiger partial charge in [0.05, 0.1) is 17.0 Å². The number of anilines is 1. The van der Waals surface area contributed by atoms with Crippen LogP contribution in [0.15, 0.2) is 71.5 Å². The number of nitro groups is 1. The summed E-state index contributed by atoms with van der Waals surface area (Å²) in [5.41, 5.74) is 1.60. The molecule has 1 fully saturated rings. The minimum Gasteiger partial charge on any atom is -0.362 e. The lowest BCUT2D eigenvalue weighted by molar-refractivity contribution is -0.385. The average molecular weight is 535 g/mol. The Hall–Kier alpha value is -4.24. The maximum Gasteiger partial charge on any atom is 0.357 e. The second-order valence-corrected chi connectivity index (χ2v) is 9.72. The largest absolute Gasteiger partial charge is 0.362 e. The van der Waals surface area contributed by atoms with Crippen molar-refractivity contribution in [1.82, 2.24) is 9.47 Å². The molecule has 8 nitrogen and oxygen atoms in total. The predicted octanol–water partition coefficient (Wildman–Crippen LogP) is 5.02. The molecule has 1 saturated heterocycles. The van der Waals surface area contributed by atoms with Gasteiger partial charge in [0, 0.05) is 42.2 Å². The molecule has 0 spiro atoms. The van der Waals surface area contributed by atoms with E-state index in [4.69, 9.17) is 11.6 Å². The van der Waals surface area contributed by atoms with Gasteiger partial charge >= 0.3 is 11.2 Å². The summed E-state index contributed by atoms with van der Waals surface area (Å²) in [6.07, 6.45) is 0. The van der Waals surface area contributed by atoms with Gasteiger partial charge in [0.25, 0.3) is 5.91 Å². The van der Waals surface area contributed by atoms with E-state index >= 15 is 0 Å². The summed E-state index contributed by atoms with van der Waals surface area (Å²) < 4.78 is 14.8. The molecule has 4 aromatic rings. The number of fused-ring (bicyclic) bond motifs is 1. The fraction of sp³-hybridized carbons (Fsp3) is 0.214. The number of aryl methyl sites for hydroxylation is 1. The molecule has 0 aliphatic carbocycles. The van der Waals surface area contributed by atoms with Crippen LogP contribution in [0.5, 0.6) is 0 Å². The van der Waals surface area contributed by atoms with Crippen LogP contribution in [0.1, 0.15) is 21.5 Å². The van der Waals surface area contributed by atoms with Gasteiger partial charge in [-0.25, -0.2) is 4.39 Å². The fourth-order valence-corrected chi connectivity index (χ4v) is 4.99. The van der Waals surface area contributed by atoms with Crippen LogP contribution in [0.4, 0.5) is 15.8 Å². The summed E-state index contributed by atoms with van der Waals surface area (Å²) in [7, 11) is 0. The number of hydrogen-bond donors (Lipinski definition) is 0. The van der Waals surface area contributed by atoms with E-state index in [1.54, 1.807) is 47.4 Å². The van der Waals surface area contributed by atoms with E-state index in [-0.39, 0.29) is 18.1 Å². The first-order valence-electron chi connectivity index (χ1n) is 12.1. The second kappa shape index (κ2) is 10.3. The number of halogens is 2. The molecule has 0 unspecified atom stereocenters. The maximum atomic E-state index is 13.6. The van der Waals surface area contributed by atoms with E-state index in [1.807, 2.05) is 24.0 Å². The Balaban J connectivity index is 1.54. The molecule has 1 aromatic heterocycles. The zero-order valence-corrected chi connectivity index (χ0v) is 21.3. The van der Waals surface area contributed by atoms with Crippen molar-refractivity contribution in [3.05, 3.63) is 115 Å². The monoisotopic (exact) mass is 534 g/mol. The number of aromatic nitrogens is 1. The lowest BCUT2D eigenvalue weighted by Crippen LogP contribution is -2.49. The van der Waals surface area contributed by atoms with E-state index in [9.17, 15) is 24.1 Å². The van der Waals surface area contributed by atoms with Crippen molar-refractivity contribution in [3.63, 3.8) is 0 Å². The third kappa shape index (κ3) is 4.84. The second-order valence-electron chi connectivity index (χ2n) is 9.28. The van der Waals surface area contributed by atoms with Gasteiger partial charge in [-0.15, -0.1) is 0 Å². The molecule has 0 radical (unpaired) electrons. The van der Waals surface area contributed by atoms with Crippen molar-refractivity contribution in [2.45, 2.75) is 13.5 Å². The van der Waals surface area contributed by atoms with E-state index in [1.165, 1.54) is 16.7 Å². The van der Waals surface area contributed by atoms with Crippen LogP contribution >= 0.6 is 11.6 Å². The number of rotatable bonds is 5. The molecule has 1 amide bonds. The van der Waals surface area contributed by atoms with Crippen LogP contribution in [-0.2, 0) is 6.54 Å². The highest BCUT2D eigenvalue weighted by molar-refractivity contribution is 6.30. The third-order valence-corrected chi connectivity index (χ3v) is 7.03. The highest BCUT2D eigenvalue weighted by atomic mass is 35.5. The first kappa shape index (κ1) is 25.4. The molecule has 0 atom stereocenters. The smallest absolute Gasteiger partial charge is 0.357 e. The molecule has 2 heterocycles. The summed E-state index contributed by atoms with van der Waals surface area (Å²) >= 11 is 5.93. The standard InChI is InChI=1S/C28H24ClFN4O4/c1-18-2-11-24-23(16-18)25(26(34(37)38)28(36)33(24)17-19-3-9-22(30)10-4-19)31-12-14-32(15-13-31)27(35)20-5-7-21(29)8-6-20/h2-11,16H,12-15,17H2,1H3. The highest BCUT2D eigenvalue weighted by Gasteiger charge is 2.32. The molecule has 1 aliphatic rings. The Bertz CT molecular complexity index is 1590. The molecule has 5 rings (SSSR count). The van der Waals surface area contributed by atoms with Crippen LogP contribution in [0, 0.1) is 22.9 Å². The van der Waals surface area contributed by atoms with Crippen LogP contribution in [-0.4, -0.2) is 46.5 Å². The van der Waals surface area contributed by atoms with Crippen LogP contribution in [0.3, 0.4) is 0 Å². The van der Waals surface area contributed by atoms with Crippen molar-refractivity contribution in [2.24, 2.45) is 0 Å². The quantitative estimate of drug-likeness (QED) is 0.265. The van der Waals surface area contributed by atoms with Gasteiger partial charge in [-0.3, -0.25) is 24.3 Å². The Kier molecular flexibility index (Phi) is 6.86. The lowest BCUT2D eigenvalue weighted by Gasteiger charge is -2.36. The summed E-state index contributed by atoms with van der Waals surface area (Å²) in [6.45, 7) is 3.26. The summed E-state index contributed by atoms with van der Waals surface area (Å²) in [5, 5.41) is 13.4. The zero-order valence-electron chi connectivity index (χ0n) is 20.6. The molecule has 38 heavy (non-hydrogen) atoms. The van der Waals surface area contributed by atoms with Crippen LogP contribution in [0.25, 0.3) is 10.9 Å². The minimum absolute atomic E-state index is 0.0587. The number of carbonyl (C=O) groups is 1. The Morgan fingerprint density at radius 1 is 1.00 bits per heavy atom. The molecule has 1 aliphatic heterocycles. The van der Waals surface area contributed by atoms with Gasteiger partial charge < -0.3 is 9.80 Å². The minimum atomic E-state index is -0.731.